The molecule has 0 fully saturated rings. The van der Waals surface area contributed by atoms with E-state index < -0.39 is 27.8 Å². The molecule has 3 aliphatic rings. The van der Waals surface area contributed by atoms with Crippen LogP contribution in [0, 0.1) is 27.8 Å². The zero-order chi connectivity index (χ0) is 34.1. The molecule has 7 heteroatoms. The first-order valence-corrected chi connectivity index (χ1v) is 20.8. The molecule has 4 bridgehead atoms. The average Bonchev–Trinajstić information content (AvgIpc) is 3.08. The molecule has 4 aromatic rings. The van der Waals surface area contributed by atoms with Crippen molar-refractivity contribution in [3.8, 4) is 22.6 Å². The summed E-state index contributed by atoms with van der Waals surface area (Å²) in [7, 11) is 0. The molecule has 4 aromatic carbocycles. The van der Waals surface area contributed by atoms with Crippen molar-refractivity contribution in [2.45, 2.75) is 96.8 Å². The minimum absolute atomic E-state index is 0.219. The van der Waals surface area contributed by atoms with Gasteiger partial charge in [0.25, 0.3) is 0 Å². The van der Waals surface area contributed by atoms with Crippen LogP contribution in [0.2, 0.25) is 0 Å². The Morgan fingerprint density at radius 1 is 0.562 bits per heavy atom. The summed E-state index contributed by atoms with van der Waals surface area (Å²) in [5.74, 6) is 0.806. The molecule has 7 rings (SSSR count). The van der Waals surface area contributed by atoms with E-state index in [1.807, 2.05) is 54.6 Å². The second-order valence-corrected chi connectivity index (χ2v) is 13.5. The van der Waals surface area contributed by atoms with Gasteiger partial charge in [-0.3, -0.25) is 9.98 Å². The zero-order valence-corrected chi connectivity index (χ0v) is 32.5. The molecule has 0 saturated heterocycles. The van der Waals surface area contributed by atoms with Crippen LogP contribution in [0.15, 0.2) is 88.8 Å². The van der Waals surface area contributed by atoms with Gasteiger partial charge in [0.05, 0.1) is 11.4 Å². The van der Waals surface area contributed by atoms with E-state index in [0.717, 1.165) is 42.4 Å². The van der Waals surface area contributed by atoms with Crippen LogP contribution in [0.4, 0.5) is 11.4 Å². The van der Waals surface area contributed by atoms with Gasteiger partial charge < -0.3 is 10.2 Å². The van der Waals surface area contributed by atoms with Crippen LogP contribution in [0.3, 0.4) is 0 Å². The zero-order valence-electron chi connectivity index (χ0n) is 28.3. The fourth-order valence-electron chi connectivity index (χ4n) is 6.53. The quantitative estimate of drug-likeness (QED) is 0.210. The van der Waals surface area contributed by atoms with Gasteiger partial charge in [0.15, 0.2) is 0 Å². The van der Waals surface area contributed by atoms with Crippen LogP contribution in [-0.4, -0.2) is 22.6 Å². The summed E-state index contributed by atoms with van der Waals surface area (Å²) in [6, 6.07) is 26.2. The molecule has 0 saturated carbocycles. The molecule has 250 valence electrons. The Morgan fingerprint density at radius 3 is 1.52 bits per heavy atom. The SMILES string of the molecule is CC(C)c1c2ccc(c1O)C=Nc1ccccc1N=Cc1ccc(c(-c3ccccc3)c1O)CCCCCCCCCCCC2.[O]=[U]=[O]. The molecule has 0 spiro atoms. The number of hydrogen-bond donors (Lipinski definition) is 2. The second kappa shape index (κ2) is 20.1. The van der Waals surface area contributed by atoms with Crippen LogP contribution >= 0.6 is 0 Å². The number of aliphatic imine (C=N–C) groups is 2. The van der Waals surface area contributed by atoms with Gasteiger partial charge in [-0.15, -0.1) is 0 Å². The van der Waals surface area contributed by atoms with Crippen molar-refractivity contribution < 1.29 is 42.5 Å². The number of aryl methyl sites for hydroxylation is 2. The molecule has 0 radical (unpaired) electrons. The van der Waals surface area contributed by atoms with E-state index in [-0.39, 0.29) is 11.7 Å². The predicted octanol–water partition coefficient (Wildman–Crippen LogP) is 11.2. The van der Waals surface area contributed by atoms with Crippen LogP contribution in [0.5, 0.6) is 11.5 Å². The van der Waals surface area contributed by atoms with E-state index in [9.17, 15) is 10.2 Å². The van der Waals surface area contributed by atoms with Crippen molar-refractivity contribution in [2.24, 2.45) is 9.98 Å². The minimum atomic E-state index is -2.51. The van der Waals surface area contributed by atoms with E-state index >= 15 is 0 Å². The van der Waals surface area contributed by atoms with Crippen LogP contribution < -0.4 is 0 Å². The number of fused-ring (bicyclic) bond motifs is 2. The molecule has 0 aromatic heterocycles. The Labute approximate surface area is 300 Å². The van der Waals surface area contributed by atoms with Gasteiger partial charge in [-0.05, 0) is 72.6 Å². The summed E-state index contributed by atoms with van der Waals surface area (Å²) in [5, 5.41) is 22.9. The summed E-state index contributed by atoms with van der Waals surface area (Å²) in [6.07, 6.45) is 17.9. The van der Waals surface area contributed by atoms with E-state index in [2.05, 4.69) is 38.1 Å². The maximum absolute atomic E-state index is 11.5. The Bertz CT molecular complexity index is 1710. The summed E-state index contributed by atoms with van der Waals surface area (Å²) in [6.45, 7) is 4.29. The van der Waals surface area contributed by atoms with E-state index in [1.54, 1.807) is 12.4 Å². The van der Waals surface area contributed by atoms with Crippen LogP contribution in [-0.2, 0) is 17.3 Å². The number of hydrogen-bond acceptors (Lipinski definition) is 6. The topological polar surface area (TPSA) is 99.3 Å². The molecule has 0 aliphatic carbocycles. The fourth-order valence-corrected chi connectivity index (χ4v) is 6.53. The van der Waals surface area contributed by atoms with Gasteiger partial charge >= 0.3 is 32.3 Å². The van der Waals surface area contributed by atoms with Crippen molar-refractivity contribution in [3.63, 3.8) is 0 Å². The average molecular weight is 871 g/mol. The first-order chi connectivity index (χ1) is 23.4. The van der Waals surface area contributed by atoms with Crippen molar-refractivity contribution in [2.75, 3.05) is 0 Å². The van der Waals surface area contributed by atoms with Crippen molar-refractivity contribution in [1.82, 2.24) is 0 Å². The van der Waals surface area contributed by atoms with Gasteiger partial charge in [-0.1, -0.05) is 120 Å². The molecule has 0 unspecified atom stereocenters. The summed E-state index contributed by atoms with van der Waals surface area (Å²) >= 11 is -2.51. The molecule has 48 heavy (non-hydrogen) atoms. The number of nitrogens with zero attached hydrogens (tertiary/aromatic N) is 2. The van der Waals surface area contributed by atoms with Gasteiger partial charge in [0, 0.05) is 34.7 Å². The number of rotatable bonds is 2. The van der Waals surface area contributed by atoms with Gasteiger partial charge in [0.1, 0.15) is 11.5 Å². The fraction of sp³-hybridized carbons (Fsp3) is 0.366. The van der Waals surface area contributed by atoms with Gasteiger partial charge in [-0.25, -0.2) is 0 Å². The van der Waals surface area contributed by atoms with Crippen LogP contribution in [0.1, 0.15) is 112 Å². The second-order valence-electron chi connectivity index (χ2n) is 12.8. The molecule has 0 atom stereocenters. The molecule has 2 N–H and O–H groups in total. The molecular formula is C41H48N2O4U. The Balaban J connectivity index is 0.00000167. The van der Waals surface area contributed by atoms with E-state index in [4.69, 9.17) is 14.5 Å². The Morgan fingerprint density at radius 2 is 1.00 bits per heavy atom. The number of phenolic OH excluding ortho intramolecular Hbond substituents is 2. The normalized spacial score (nSPS) is 14.6. The number of phenols is 2. The number of benzene rings is 4. The number of para-hydroxylation sites is 2. The third kappa shape index (κ3) is 10.7. The first-order valence-electron chi connectivity index (χ1n) is 17.4. The van der Waals surface area contributed by atoms with Crippen LogP contribution in [0.25, 0.3) is 11.1 Å². The van der Waals surface area contributed by atoms with Gasteiger partial charge in [0.2, 0.25) is 0 Å². The third-order valence-corrected chi connectivity index (χ3v) is 8.98. The standard InChI is InChI=1S/C41H48N2O2.2O.U/c1-30(2)38-32-20-12-9-7-5-3-4-6-8-10-13-21-33-25-27-35(41(45)39(33)31-18-14-11-15-19-31)29-43-37-23-17-16-22-36(37)42-28-34(26-24-32)40(38)44;;;/h11,14-19,22-30,44-45H,3-10,12-13,20-21H2,1-2H3;;;. The van der Waals surface area contributed by atoms with Crippen molar-refractivity contribution >= 4 is 23.8 Å². The monoisotopic (exact) mass is 870 g/mol. The van der Waals surface area contributed by atoms with Crippen molar-refractivity contribution in [1.29, 1.82) is 0 Å². The molecular weight excluding hydrogens is 822 g/mol. The van der Waals surface area contributed by atoms with Gasteiger partial charge in [-0.2, -0.15) is 0 Å². The Hall–Kier alpha value is -3.53. The van der Waals surface area contributed by atoms with E-state index in [1.165, 1.54) is 62.5 Å². The molecule has 0 amide bonds. The molecule has 3 heterocycles. The molecule has 6 nitrogen and oxygen atoms in total. The predicted molar refractivity (Wildman–Crippen MR) is 192 cm³/mol. The Kier molecular flexibility index (Phi) is 15.6. The maximum atomic E-state index is 11.5. The summed E-state index contributed by atoms with van der Waals surface area (Å²) < 4.78 is 17.2. The first kappa shape index (κ1) is 37.3. The van der Waals surface area contributed by atoms with Crippen molar-refractivity contribution in [3.05, 3.63) is 107 Å². The number of aromatic hydroxyl groups is 2. The molecule has 3 aliphatic heterocycles. The summed E-state index contributed by atoms with van der Waals surface area (Å²) in [5.41, 5.74) is 8.14. The third-order valence-electron chi connectivity index (χ3n) is 8.98. The van der Waals surface area contributed by atoms with E-state index in [0.29, 0.717) is 28.3 Å². The summed E-state index contributed by atoms with van der Waals surface area (Å²) in [4.78, 5) is 9.54.